The molecule has 0 spiro atoms. The van der Waals surface area contributed by atoms with Crippen LogP contribution in [0.15, 0.2) is 24.3 Å². The van der Waals surface area contributed by atoms with Crippen LogP contribution in [0.5, 0.6) is 0 Å². The number of nitrogens with zero attached hydrogens (tertiary/aromatic N) is 3. The van der Waals surface area contributed by atoms with Gasteiger partial charge in [0.25, 0.3) is 0 Å². The maximum Gasteiger partial charge on any atom is 0.317 e. The standard InChI is InChI=1S/C23H38N4O2S/c1-5-25-11-12-26(17-22(28)29)13-14-27(6-2)21(16-25)15-19-7-9-20(10-8-19)24-23(30)18(3)4/h7-10,18,21H,5-6,11-17H2,1-4H3,(H,24,30)(H,28,29). The van der Waals surface area contributed by atoms with Gasteiger partial charge in [0, 0.05) is 50.4 Å². The normalized spacial score (nSPS) is 19.8. The summed E-state index contributed by atoms with van der Waals surface area (Å²) in [6.07, 6.45) is 0.984. The van der Waals surface area contributed by atoms with Gasteiger partial charge in [-0.25, -0.2) is 0 Å². The highest BCUT2D eigenvalue weighted by atomic mass is 32.1. The Morgan fingerprint density at radius 3 is 2.30 bits per heavy atom. The van der Waals surface area contributed by atoms with Gasteiger partial charge in [-0.15, -0.1) is 0 Å². The zero-order chi connectivity index (χ0) is 22.1. The Labute approximate surface area is 187 Å². The number of thiocarbonyl (C=S) groups is 1. The Kier molecular flexibility index (Phi) is 10.2. The second-order valence-corrected chi connectivity index (χ2v) is 8.83. The number of hydrogen-bond donors (Lipinski definition) is 2. The summed E-state index contributed by atoms with van der Waals surface area (Å²) in [6, 6.07) is 9.02. The van der Waals surface area contributed by atoms with Crippen LogP contribution >= 0.6 is 12.2 Å². The van der Waals surface area contributed by atoms with Crippen molar-refractivity contribution in [2.24, 2.45) is 5.92 Å². The molecular formula is C23H38N4O2S. The maximum atomic E-state index is 11.2. The molecule has 30 heavy (non-hydrogen) atoms. The molecule has 2 N–H and O–H groups in total. The molecule has 1 heterocycles. The first-order valence-corrected chi connectivity index (χ1v) is 11.5. The molecular weight excluding hydrogens is 396 g/mol. The first-order chi connectivity index (χ1) is 14.3. The number of benzene rings is 1. The lowest BCUT2D eigenvalue weighted by atomic mass is 10.0. The van der Waals surface area contributed by atoms with Gasteiger partial charge in [0.2, 0.25) is 0 Å². The fraction of sp³-hybridized carbons (Fsp3) is 0.652. The van der Waals surface area contributed by atoms with Crippen LogP contribution in [0.4, 0.5) is 5.69 Å². The minimum Gasteiger partial charge on any atom is -0.480 e. The van der Waals surface area contributed by atoms with E-state index < -0.39 is 5.97 Å². The van der Waals surface area contributed by atoms with E-state index in [1.54, 1.807) is 0 Å². The van der Waals surface area contributed by atoms with E-state index in [1.807, 2.05) is 0 Å². The van der Waals surface area contributed by atoms with E-state index in [1.165, 1.54) is 5.56 Å². The molecule has 6 nitrogen and oxygen atoms in total. The lowest BCUT2D eigenvalue weighted by molar-refractivity contribution is -0.138. The van der Waals surface area contributed by atoms with Crippen LogP contribution in [0.3, 0.4) is 0 Å². The van der Waals surface area contributed by atoms with Gasteiger partial charge in [-0.1, -0.05) is 52.0 Å². The highest BCUT2D eigenvalue weighted by Crippen LogP contribution is 2.16. The molecule has 1 fully saturated rings. The molecule has 0 saturated carbocycles. The number of aliphatic carboxylic acids is 1. The van der Waals surface area contributed by atoms with Crippen LogP contribution in [-0.4, -0.2) is 89.2 Å². The molecule has 1 aliphatic rings. The van der Waals surface area contributed by atoms with Crippen molar-refractivity contribution in [3.63, 3.8) is 0 Å². The fourth-order valence-electron chi connectivity index (χ4n) is 3.88. The molecule has 2 rings (SSSR count). The largest absolute Gasteiger partial charge is 0.480 e. The molecule has 0 amide bonds. The lowest BCUT2D eigenvalue weighted by Crippen LogP contribution is -2.46. The first kappa shape index (κ1) is 24.7. The molecule has 0 bridgehead atoms. The second-order valence-electron chi connectivity index (χ2n) is 8.39. The van der Waals surface area contributed by atoms with Gasteiger partial charge in [0.1, 0.15) is 0 Å². The van der Waals surface area contributed by atoms with E-state index in [2.05, 4.69) is 72.0 Å². The molecule has 0 aromatic heterocycles. The van der Waals surface area contributed by atoms with Crippen molar-refractivity contribution in [2.75, 3.05) is 57.7 Å². The zero-order valence-corrected chi connectivity index (χ0v) is 19.7. The molecule has 0 aliphatic carbocycles. The van der Waals surface area contributed by atoms with Crippen molar-refractivity contribution in [1.82, 2.24) is 14.7 Å². The van der Waals surface area contributed by atoms with Crippen molar-refractivity contribution in [1.29, 1.82) is 0 Å². The average molecular weight is 435 g/mol. The second kappa shape index (κ2) is 12.3. The predicted octanol–water partition coefficient (Wildman–Crippen LogP) is 3.04. The highest BCUT2D eigenvalue weighted by Gasteiger charge is 2.24. The average Bonchev–Trinajstić information content (AvgIpc) is 2.78. The summed E-state index contributed by atoms with van der Waals surface area (Å²) in [7, 11) is 0. The molecule has 1 saturated heterocycles. The third kappa shape index (κ3) is 7.95. The SMILES string of the molecule is CCN1CCN(CC(=O)O)CCN(CC)C(Cc2ccc(NC(=S)C(C)C)cc2)C1. The number of carboxylic acids is 1. The summed E-state index contributed by atoms with van der Waals surface area (Å²) in [5, 5.41) is 12.5. The molecule has 1 atom stereocenters. The minimum absolute atomic E-state index is 0.118. The van der Waals surface area contributed by atoms with Crippen molar-refractivity contribution >= 4 is 28.9 Å². The number of likely N-dealkylation sites (N-methyl/N-ethyl adjacent to an activating group) is 2. The molecule has 7 heteroatoms. The zero-order valence-electron chi connectivity index (χ0n) is 18.9. The van der Waals surface area contributed by atoms with Crippen LogP contribution in [0.1, 0.15) is 33.3 Å². The number of rotatable bonds is 8. The Morgan fingerprint density at radius 2 is 1.73 bits per heavy atom. The first-order valence-electron chi connectivity index (χ1n) is 11.1. The van der Waals surface area contributed by atoms with E-state index in [9.17, 15) is 9.90 Å². The van der Waals surface area contributed by atoms with Gasteiger partial charge in [-0.3, -0.25) is 14.6 Å². The third-order valence-electron chi connectivity index (χ3n) is 5.85. The predicted molar refractivity (Wildman–Crippen MR) is 128 cm³/mol. The number of hydrogen-bond acceptors (Lipinski definition) is 5. The molecule has 1 aromatic rings. The number of nitrogens with one attached hydrogen (secondary N) is 1. The summed E-state index contributed by atoms with van der Waals surface area (Å²) in [5.41, 5.74) is 2.36. The van der Waals surface area contributed by atoms with Gasteiger partial charge in [0.05, 0.1) is 11.5 Å². The maximum absolute atomic E-state index is 11.2. The number of carboxylic acid groups (broad SMARTS) is 1. The van der Waals surface area contributed by atoms with Crippen LogP contribution in [-0.2, 0) is 11.2 Å². The van der Waals surface area contributed by atoms with Gasteiger partial charge in [-0.2, -0.15) is 0 Å². The Bertz CT molecular complexity index is 680. The summed E-state index contributed by atoms with van der Waals surface area (Å²) in [4.78, 5) is 19.1. The molecule has 1 aromatic carbocycles. The fourth-order valence-corrected chi connectivity index (χ4v) is 4.00. The molecule has 1 aliphatic heterocycles. The highest BCUT2D eigenvalue weighted by molar-refractivity contribution is 7.80. The van der Waals surface area contributed by atoms with E-state index in [4.69, 9.17) is 12.2 Å². The van der Waals surface area contributed by atoms with E-state index in [-0.39, 0.29) is 6.54 Å². The summed E-state index contributed by atoms with van der Waals surface area (Å²) >= 11 is 5.39. The topological polar surface area (TPSA) is 59.1 Å². The van der Waals surface area contributed by atoms with Crippen LogP contribution < -0.4 is 5.32 Å². The Balaban J connectivity index is 2.09. The number of carbonyl (C=O) groups is 1. The Morgan fingerprint density at radius 1 is 1.10 bits per heavy atom. The summed E-state index contributed by atoms with van der Waals surface area (Å²) in [5.74, 6) is -0.417. The van der Waals surface area contributed by atoms with E-state index in [0.717, 1.165) is 62.9 Å². The van der Waals surface area contributed by atoms with Gasteiger partial charge in [-0.05, 0) is 37.2 Å². The monoisotopic (exact) mass is 434 g/mol. The molecule has 0 radical (unpaired) electrons. The van der Waals surface area contributed by atoms with Crippen molar-refractivity contribution in [3.05, 3.63) is 29.8 Å². The smallest absolute Gasteiger partial charge is 0.317 e. The minimum atomic E-state index is -0.748. The number of anilines is 1. The summed E-state index contributed by atoms with van der Waals surface area (Å²) < 4.78 is 0. The third-order valence-corrected chi connectivity index (χ3v) is 6.42. The molecule has 1 unspecified atom stereocenters. The van der Waals surface area contributed by atoms with Gasteiger partial charge >= 0.3 is 5.97 Å². The van der Waals surface area contributed by atoms with E-state index in [0.29, 0.717) is 12.0 Å². The quantitative estimate of drug-likeness (QED) is 0.610. The van der Waals surface area contributed by atoms with Crippen LogP contribution in [0, 0.1) is 5.92 Å². The van der Waals surface area contributed by atoms with Crippen LogP contribution in [0.25, 0.3) is 0 Å². The Hall–Kier alpha value is -1.54. The summed E-state index contributed by atoms with van der Waals surface area (Å²) in [6.45, 7) is 15.0. The molecule has 168 valence electrons. The van der Waals surface area contributed by atoms with Gasteiger partial charge < -0.3 is 15.3 Å². The van der Waals surface area contributed by atoms with E-state index >= 15 is 0 Å². The van der Waals surface area contributed by atoms with Crippen molar-refractivity contribution in [3.8, 4) is 0 Å². The van der Waals surface area contributed by atoms with Crippen LogP contribution in [0.2, 0.25) is 0 Å². The lowest BCUT2D eigenvalue weighted by Gasteiger charge is -2.33. The van der Waals surface area contributed by atoms with Crippen molar-refractivity contribution in [2.45, 2.75) is 40.2 Å². The van der Waals surface area contributed by atoms with Crippen molar-refractivity contribution < 1.29 is 9.90 Å². The van der Waals surface area contributed by atoms with Gasteiger partial charge in [0.15, 0.2) is 0 Å².